The van der Waals surface area contributed by atoms with E-state index in [4.69, 9.17) is 14.5 Å². The number of likely N-dealkylation sites (tertiary alicyclic amines) is 1. The lowest BCUT2D eigenvalue weighted by molar-refractivity contribution is -0.547. The van der Waals surface area contributed by atoms with E-state index in [1.54, 1.807) is 35.2 Å². The lowest BCUT2D eigenvalue weighted by Crippen LogP contribution is -2.75. The van der Waals surface area contributed by atoms with Gasteiger partial charge >= 0.3 is 0 Å². The highest BCUT2D eigenvalue weighted by Crippen LogP contribution is 2.60. The molecule has 6 rings (SSSR count). The summed E-state index contributed by atoms with van der Waals surface area (Å²) in [7, 11) is 0. The molecule has 4 amide bonds. The van der Waals surface area contributed by atoms with Crippen molar-refractivity contribution in [2.24, 2.45) is 23.7 Å². The minimum absolute atomic E-state index is 0.00591. The van der Waals surface area contributed by atoms with Crippen LogP contribution in [0.1, 0.15) is 84.0 Å². The predicted octanol–water partition coefficient (Wildman–Crippen LogP) is 3.65. The van der Waals surface area contributed by atoms with Crippen molar-refractivity contribution in [2.75, 3.05) is 13.1 Å². The smallest absolute Gasteiger partial charge is 0.257 e. The Morgan fingerprint density at radius 2 is 1.76 bits per heavy atom. The molecule has 4 heterocycles. The number of rotatable bonds is 6. The highest BCUT2D eigenvalue weighted by molar-refractivity contribution is 6.05. The molecule has 41 heavy (non-hydrogen) atoms. The highest BCUT2D eigenvalue weighted by Gasteiger charge is 2.70. The van der Waals surface area contributed by atoms with Gasteiger partial charge in [0.1, 0.15) is 6.54 Å². The molecule has 1 aromatic rings. The zero-order chi connectivity index (χ0) is 29.7. The Labute approximate surface area is 242 Å². The average Bonchev–Trinajstić information content (AvgIpc) is 3.16. The Balaban J connectivity index is 1.33. The topological polar surface area (TPSA) is 114 Å². The normalized spacial score (nSPS) is 34.4. The van der Waals surface area contributed by atoms with Crippen LogP contribution in [0.4, 0.5) is 0 Å². The van der Waals surface area contributed by atoms with Crippen LogP contribution in [0.15, 0.2) is 30.3 Å². The van der Waals surface area contributed by atoms with Crippen LogP contribution >= 0.6 is 0 Å². The first kappa shape index (κ1) is 29.7. The summed E-state index contributed by atoms with van der Waals surface area (Å²) in [6.45, 7) is 11.4. The first-order valence-corrected chi connectivity index (χ1v) is 14.8. The molecule has 224 valence electrons. The number of piperidine rings is 1. The Kier molecular flexibility index (Phi) is 7.80. The number of nitrogens with one attached hydrogen (secondary N) is 1. The van der Waals surface area contributed by atoms with Gasteiger partial charge in [-0.15, -0.1) is 0 Å². The molecule has 0 radical (unpaired) electrons. The van der Waals surface area contributed by atoms with Crippen molar-refractivity contribution < 1.29 is 33.7 Å². The van der Waals surface area contributed by atoms with Crippen LogP contribution in [0, 0.1) is 23.7 Å². The summed E-state index contributed by atoms with van der Waals surface area (Å²) >= 11 is 0. The van der Waals surface area contributed by atoms with Gasteiger partial charge in [0.25, 0.3) is 5.91 Å². The Hall–Kier alpha value is -2.82. The second-order valence-electron chi connectivity index (χ2n) is 13.4. The fourth-order valence-electron chi connectivity index (χ4n) is 7.40. The molecule has 1 spiro atoms. The van der Waals surface area contributed by atoms with Crippen molar-refractivity contribution in [1.29, 1.82) is 0 Å². The van der Waals surface area contributed by atoms with Gasteiger partial charge in [-0.05, 0) is 70.9 Å². The maximum atomic E-state index is 13.8. The summed E-state index contributed by atoms with van der Waals surface area (Å²) in [5.41, 5.74) is -1.12. The highest BCUT2D eigenvalue weighted by atomic mass is 17.3. The van der Waals surface area contributed by atoms with E-state index in [0.717, 1.165) is 19.3 Å². The van der Waals surface area contributed by atoms with Gasteiger partial charge < -0.3 is 14.5 Å². The van der Waals surface area contributed by atoms with Crippen molar-refractivity contribution in [3.63, 3.8) is 0 Å². The van der Waals surface area contributed by atoms with E-state index in [1.807, 2.05) is 34.6 Å². The Bertz CT molecular complexity index is 1200. The van der Waals surface area contributed by atoms with Gasteiger partial charge in [-0.3, -0.25) is 24.5 Å². The van der Waals surface area contributed by atoms with E-state index >= 15 is 0 Å². The summed E-state index contributed by atoms with van der Waals surface area (Å²) in [4.78, 5) is 68.1. The van der Waals surface area contributed by atoms with E-state index < -0.39 is 35.0 Å². The first-order chi connectivity index (χ1) is 19.3. The van der Waals surface area contributed by atoms with Crippen LogP contribution in [-0.2, 0) is 28.9 Å². The number of carbonyl (C=O) groups excluding carboxylic acids is 4. The van der Waals surface area contributed by atoms with Crippen molar-refractivity contribution in [3.8, 4) is 0 Å². The summed E-state index contributed by atoms with van der Waals surface area (Å²) in [6.07, 6.45) is 2.76. The van der Waals surface area contributed by atoms with Gasteiger partial charge in [0, 0.05) is 42.3 Å². The molecule has 1 aliphatic carbocycles. The third-order valence-corrected chi connectivity index (χ3v) is 9.62. The molecule has 4 aliphatic heterocycles. The minimum Gasteiger partial charge on any atom is -0.328 e. The number of fused-ring (bicyclic) bond motifs is 2. The van der Waals surface area contributed by atoms with E-state index in [0.29, 0.717) is 17.9 Å². The van der Waals surface area contributed by atoms with Crippen LogP contribution in [-0.4, -0.2) is 69.7 Å². The number of amides is 4. The monoisotopic (exact) mass is 569 g/mol. The minimum atomic E-state index is -0.971. The van der Waals surface area contributed by atoms with Crippen LogP contribution in [0.5, 0.6) is 0 Å². The molecular formula is C31H43N3O7. The zero-order valence-corrected chi connectivity index (χ0v) is 25.0. The molecule has 1 aromatic carbocycles. The second-order valence-corrected chi connectivity index (χ2v) is 13.4. The molecule has 0 aromatic heterocycles. The van der Waals surface area contributed by atoms with Crippen LogP contribution in [0.2, 0.25) is 0 Å². The van der Waals surface area contributed by atoms with E-state index in [2.05, 4.69) is 12.2 Å². The average molecular weight is 570 g/mol. The van der Waals surface area contributed by atoms with Crippen LogP contribution in [0.3, 0.4) is 0 Å². The lowest BCUT2D eigenvalue weighted by Gasteiger charge is -2.61. The van der Waals surface area contributed by atoms with E-state index in [9.17, 15) is 19.2 Å². The van der Waals surface area contributed by atoms with Gasteiger partial charge in [0.05, 0.1) is 0 Å². The van der Waals surface area contributed by atoms with Crippen molar-refractivity contribution in [2.45, 2.75) is 96.8 Å². The Morgan fingerprint density at radius 3 is 2.44 bits per heavy atom. The molecule has 10 heteroatoms. The standard InChI is InChI=1S/C31H43N3O7/c1-19-12-13-23-20(2)27(38)33(28-31(23)22(19)14-16-30(6,39-28)40-41-31)17-15-25(36)34(29(3,4)5)18-24(35)32-26(37)21-10-8-7-9-11-21/h7-11,19-20,22-23,28H,12-18H2,1-6H3,(H,32,35,37)/t19-,20-,22+,23+,28-,30+,31-/m1/s1. The van der Waals surface area contributed by atoms with Crippen molar-refractivity contribution >= 4 is 23.6 Å². The van der Waals surface area contributed by atoms with E-state index in [1.165, 1.54) is 4.90 Å². The largest absolute Gasteiger partial charge is 0.328 e. The SMILES string of the molecule is C[C@@H]1CC[C@H]2[C@@H](C)C(=O)N(CCC(=O)N(CC(=O)NC(=O)c3ccccc3)C(C)(C)C)[C@@H]3O[C@]4(C)CC[C@@H]1[C@@]23OO4. The predicted molar refractivity (Wildman–Crippen MR) is 149 cm³/mol. The third kappa shape index (κ3) is 5.30. The van der Waals surface area contributed by atoms with Gasteiger partial charge in [0.15, 0.2) is 11.8 Å². The third-order valence-electron chi connectivity index (χ3n) is 9.62. The molecule has 1 saturated carbocycles. The maximum Gasteiger partial charge on any atom is 0.257 e. The molecule has 5 fully saturated rings. The number of imide groups is 1. The van der Waals surface area contributed by atoms with Crippen molar-refractivity contribution in [1.82, 2.24) is 15.1 Å². The van der Waals surface area contributed by atoms with Gasteiger partial charge in [-0.2, -0.15) is 0 Å². The van der Waals surface area contributed by atoms with Gasteiger partial charge in [-0.1, -0.05) is 32.0 Å². The van der Waals surface area contributed by atoms with Gasteiger partial charge in [-0.25, -0.2) is 9.78 Å². The fraction of sp³-hybridized carbons (Fsp3) is 0.677. The number of carbonyl (C=O) groups is 4. The zero-order valence-electron chi connectivity index (χ0n) is 25.0. The van der Waals surface area contributed by atoms with Crippen LogP contribution in [0.25, 0.3) is 0 Å². The lowest BCUT2D eigenvalue weighted by atomic mass is 9.57. The number of ether oxygens (including phenoxy) is 1. The molecule has 4 saturated heterocycles. The van der Waals surface area contributed by atoms with Gasteiger partial charge in [0.2, 0.25) is 23.5 Å². The van der Waals surface area contributed by atoms with Crippen LogP contribution < -0.4 is 5.32 Å². The number of benzene rings is 1. The summed E-state index contributed by atoms with van der Waals surface area (Å²) < 4.78 is 6.55. The van der Waals surface area contributed by atoms with Crippen molar-refractivity contribution in [3.05, 3.63) is 35.9 Å². The number of hydrogen-bond acceptors (Lipinski definition) is 7. The molecular weight excluding hydrogens is 526 g/mol. The molecule has 2 bridgehead atoms. The number of nitrogens with zero attached hydrogens (tertiary/aromatic N) is 2. The van der Waals surface area contributed by atoms with E-state index in [-0.39, 0.29) is 49.1 Å². The molecule has 1 N–H and O–H groups in total. The quantitative estimate of drug-likeness (QED) is 0.520. The molecule has 5 aliphatic rings. The summed E-state index contributed by atoms with van der Waals surface area (Å²) in [6, 6.07) is 8.45. The summed E-state index contributed by atoms with van der Waals surface area (Å²) in [5, 5.41) is 2.38. The molecule has 10 nitrogen and oxygen atoms in total. The maximum absolute atomic E-state index is 13.8. The molecule has 7 atom stereocenters. The summed E-state index contributed by atoms with van der Waals surface area (Å²) in [5.74, 6) is -2.20. The Morgan fingerprint density at radius 1 is 1.05 bits per heavy atom. The first-order valence-electron chi connectivity index (χ1n) is 14.8. The second kappa shape index (κ2) is 10.8. The molecule has 0 unspecified atom stereocenters. The fourth-order valence-corrected chi connectivity index (χ4v) is 7.40. The number of hydrogen-bond donors (Lipinski definition) is 1.